The average Bonchev–Trinajstić information content (AvgIpc) is 2.86. The fourth-order valence-corrected chi connectivity index (χ4v) is 3.88. The van der Waals surface area contributed by atoms with Crippen LogP contribution in [0.4, 0.5) is 10.1 Å². The van der Waals surface area contributed by atoms with Crippen LogP contribution in [0.15, 0.2) is 77.9 Å². The number of amides is 1. The van der Waals surface area contributed by atoms with Crippen LogP contribution in [0.5, 0.6) is 5.75 Å². The van der Waals surface area contributed by atoms with Gasteiger partial charge in [0.1, 0.15) is 11.6 Å². The Labute approximate surface area is 193 Å². The summed E-state index contributed by atoms with van der Waals surface area (Å²) in [6.07, 6.45) is 1.64. The molecule has 0 radical (unpaired) electrons. The third-order valence-electron chi connectivity index (χ3n) is 5.68. The first-order chi connectivity index (χ1) is 16.1. The zero-order valence-corrected chi connectivity index (χ0v) is 18.6. The maximum Gasteiger partial charge on any atom is 0.271 e. The number of anilines is 1. The van der Waals surface area contributed by atoms with E-state index < -0.39 is 0 Å². The number of hydrazone groups is 1. The molecule has 0 bridgehead atoms. The van der Waals surface area contributed by atoms with Gasteiger partial charge in [-0.1, -0.05) is 18.2 Å². The van der Waals surface area contributed by atoms with Crippen molar-refractivity contribution in [3.8, 4) is 5.75 Å². The predicted octanol–water partition coefficient (Wildman–Crippen LogP) is 3.92. The van der Waals surface area contributed by atoms with E-state index in [9.17, 15) is 9.18 Å². The highest BCUT2D eigenvalue weighted by Crippen LogP contribution is 2.23. The van der Waals surface area contributed by atoms with Gasteiger partial charge in [0, 0.05) is 49.5 Å². The molecule has 4 rings (SSSR count). The number of ether oxygens (including phenoxy) is 1. The summed E-state index contributed by atoms with van der Waals surface area (Å²) in [7, 11) is 1.67. The number of hydrogen-bond acceptors (Lipinski definition) is 5. The van der Waals surface area contributed by atoms with E-state index in [0.29, 0.717) is 5.56 Å². The molecule has 7 heteroatoms. The highest BCUT2D eigenvalue weighted by Gasteiger charge is 2.19. The van der Waals surface area contributed by atoms with Crippen molar-refractivity contribution in [1.82, 2.24) is 10.3 Å². The van der Waals surface area contributed by atoms with Crippen LogP contribution >= 0.6 is 0 Å². The molecule has 0 unspecified atom stereocenters. The van der Waals surface area contributed by atoms with Gasteiger partial charge >= 0.3 is 0 Å². The molecule has 3 aromatic carbocycles. The number of benzene rings is 3. The van der Waals surface area contributed by atoms with Crippen LogP contribution in [-0.4, -0.2) is 50.3 Å². The molecule has 1 fully saturated rings. The van der Waals surface area contributed by atoms with Crippen molar-refractivity contribution in [3.63, 3.8) is 0 Å². The summed E-state index contributed by atoms with van der Waals surface area (Å²) < 4.78 is 18.7. The molecule has 0 atom stereocenters. The molecule has 0 saturated carbocycles. The van der Waals surface area contributed by atoms with Crippen LogP contribution in [0.3, 0.4) is 0 Å². The Morgan fingerprint density at radius 2 is 1.76 bits per heavy atom. The zero-order chi connectivity index (χ0) is 23.0. The van der Waals surface area contributed by atoms with Gasteiger partial charge in [-0.15, -0.1) is 0 Å². The summed E-state index contributed by atoms with van der Waals surface area (Å²) in [4.78, 5) is 16.8. The van der Waals surface area contributed by atoms with E-state index in [2.05, 4.69) is 20.3 Å². The molecule has 1 amide bonds. The highest BCUT2D eigenvalue weighted by molar-refractivity contribution is 5.94. The second-order valence-electron chi connectivity index (χ2n) is 7.88. The maximum absolute atomic E-state index is 13.2. The minimum Gasteiger partial charge on any atom is -0.496 e. The number of hydrogen-bond donors (Lipinski definition) is 1. The lowest BCUT2D eigenvalue weighted by molar-refractivity contribution is 0.0955. The Bertz CT molecular complexity index is 1100. The first-order valence-corrected chi connectivity index (χ1v) is 10.9. The van der Waals surface area contributed by atoms with Gasteiger partial charge in [0.25, 0.3) is 5.91 Å². The summed E-state index contributed by atoms with van der Waals surface area (Å²) >= 11 is 0. The summed E-state index contributed by atoms with van der Waals surface area (Å²) in [5.74, 6) is 0.355. The van der Waals surface area contributed by atoms with Crippen LogP contribution < -0.4 is 15.1 Å². The van der Waals surface area contributed by atoms with E-state index in [1.165, 1.54) is 12.1 Å². The van der Waals surface area contributed by atoms with E-state index in [-0.39, 0.29) is 11.7 Å². The van der Waals surface area contributed by atoms with Gasteiger partial charge in [-0.05, 0) is 60.2 Å². The number of rotatable bonds is 7. The first-order valence-electron chi connectivity index (χ1n) is 10.9. The van der Waals surface area contributed by atoms with Crippen LogP contribution in [0.25, 0.3) is 0 Å². The monoisotopic (exact) mass is 446 g/mol. The number of methoxy groups -OCH3 is 1. The van der Waals surface area contributed by atoms with Gasteiger partial charge in [0.15, 0.2) is 0 Å². The third-order valence-corrected chi connectivity index (χ3v) is 5.68. The van der Waals surface area contributed by atoms with Crippen molar-refractivity contribution in [2.24, 2.45) is 5.10 Å². The molecule has 3 aromatic rings. The molecule has 0 aliphatic carbocycles. The normalized spacial score (nSPS) is 14.4. The Morgan fingerprint density at radius 1 is 1.03 bits per heavy atom. The fourth-order valence-electron chi connectivity index (χ4n) is 3.88. The number of nitrogens with one attached hydrogen (secondary N) is 1. The van der Waals surface area contributed by atoms with Crippen LogP contribution in [-0.2, 0) is 6.54 Å². The molecule has 0 spiro atoms. The van der Waals surface area contributed by atoms with Crippen molar-refractivity contribution in [1.29, 1.82) is 0 Å². The third kappa shape index (κ3) is 5.96. The van der Waals surface area contributed by atoms with E-state index in [1.54, 1.807) is 25.5 Å². The Balaban J connectivity index is 1.36. The largest absolute Gasteiger partial charge is 0.496 e. The van der Waals surface area contributed by atoms with Gasteiger partial charge in [0.2, 0.25) is 0 Å². The highest BCUT2D eigenvalue weighted by atomic mass is 19.1. The molecular weight excluding hydrogens is 419 g/mol. The Kier molecular flexibility index (Phi) is 7.32. The minimum absolute atomic E-state index is 0.215. The number of carbonyl (C=O) groups is 1. The van der Waals surface area contributed by atoms with Crippen LogP contribution in [0.2, 0.25) is 0 Å². The van der Waals surface area contributed by atoms with Crippen LogP contribution in [0, 0.1) is 5.82 Å². The molecule has 6 nitrogen and oxygen atoms in total. The lowest BCUT2D eigenvalue weighted by atomic mass is 10.1. The van der Waals surface area contributed by atoms with E-state index in [4.69, 9.17) is 4.74 Å². The minimum atomic E-state index is -0.250. The molecule has 33 heavy (non-hydrogen) atoms. The van der Waals surface area contributed by atoms with E-state index in [0.717, 1.165) is 55.3 Å². The summed E-state index contributed by atoms with van der Waals surface area (Å²) in [6, 6.07) is 21.5. The number of nitrogens with zero attached hydrogens (tertiary/aromatic N) is 3. The standard InChI is InChI=1S/C26H27FN4O2/c1-33-25-12-7-20(18-28-29-26(32)21-5-3-2-4-6-21)17-22(25)19-30-13-15-31(16-14-30)24-10-8-23(27)9-11-24/h2-12,17-18H,13-16,19H2,1H3,(H,29,32). The van der Waals surface area contributed by atoms with E-state index in [1.807, 2.05) is 48.5 Å². The number of halogens is 1. The van der Waals surface area contributed by atoms with Crippen LogP contribution in [0.1, 0.15) is 21.5 Å². The van der Waals surface area contributed by atoms with E-state index >= 15 is 0 Å². The number of carbonyl (C=O) groups excluding carboxylic acids is 1. The van der Waals surface area contributed by atoms with Crippen molar-refractivity contribution in [2.45, 2.75) is 6.54 Å². The summed E-state index contributed by atoms with van der Waals surface area (Å²) in [5.41, 5.74) is 6.11. The van der Waals surface area contributed by atoms with Gasteiger partial charge in [-0.3, -0.25) is 9.69 Å². The molecule has 0 aromatic heterocycles. The van der Waals surface area contributed by atoms with Crippen molar-refractivity contribution >= 4 is 17.8 Å². The molecular formula is C26H27FN4O2. The predicted molar refractivity (Wildman–Crippen MR) is 128 cm³/mol. The molecule has 1 aliphatic heterocycles. The van der Waals surface area contributed by atoms with Gasteiger partial charge in [0.05, 0.1) is 13.3 Å². The Morgan fingerprint density at radius 3 is 2.45 bits per heavy atom. The first kappa shape index (κ1) is 22.5. The lowest BCUT2D eigenvalue weighted by Gasteiger charge is -2.36. The average molecular weight is 447 g/mol. The summed E-state index contributed by atoms with van der Waals surface area (Å²) in [6.45, 7) is 4.29. The van der Waals surface area contributed by atoms with Gasteiger partial charge in [-0.25, -0.2) is 9.82 Å². The lowest BCUT2D eigenvalue weighted by Crippen LogP contribution is -2.46. The van der Waals surface area contributed by atoms with Crippen molar-refractivity contribution < 1.29 is 13.9 Å². The molecule has 1 N–H and O–H groups in total. The Hall–Kier alpha value is -3.71. The molecule has 1 aliphatic rings. The SMILES string of the molecule is COc1ccc(C=NNC(=O)c2ccccc2)cc1CN1CCN(c2ccc(F)cc2)CC1. The fraction of sp³-hybridized carbons (Fsp3) is 0.231. The zero-order valence-electron chi connectivity index (χ0n) is 18.6. The number of piperazine rings is 1. The molecule has 170 valence electrons. The second-order valence-corrected chi connectivity index (χ2v) is 7.88. The smallest absolute Gasteiger partial charge is 0.271 e. The van der Waals surface area contributed by atoms with Crippen molar-refractivity contribution in [2.75, 3.05) is 38.2 Å². The van der Waals surface area contributed by atoms with Gasteiger partial charge < -0.3 is 9.64 Å². The van der Waals surface area contributed by atoms with Crippen molar-refractivity contribution in [3.05, 3.63) is 95.3 Å². The molecule has 1 saturated heterocycles. The maximum atomic E-state index is 13.2. The topological polar surface area (TPSA) is 57.2 Å². The molecule has 1 heterocycles. The quantitative estimate of drug-likeness (QED) is 0.442. The van der Waals surface area contributed by atoms with Gasteiger partial charge in [-0.2, -0.15) is 5.10 Å². The second kappa shape index (κ2) is 10.7. The summed E-state index contributed by atoms with van der Waals surface area (Å²) in [5, 5.41) is 4.10.